The Labute approximate surface area is 140 Å². The third kappa shape index (κ3) is 3.36. The maximum atomic E-state index is 11.4. The molecule has 0 aliphatic carbocycles. The normalized spacial score (nSPS) is 11.6. The Morgan fingerprint density at radius 2 is 2.09 bits per heavy atom. The third-order valence-corrected chi connectivity index (χ3v) is 4.59. The van der Waals surface area contributed by atoms with Gasteiger partial charge in [-0.15, -0.1) is 0 Å². The van der Waals surface area contributed by atoms with E-state index >= 15 is 0 Å². The van der Waals surface area contributed by atoms with Gasteiger partial charge in [-0.2, -0.15) is 5.26 Å². The summed E-state index contributed by atoms with van der Waals surface area (Å²) < 4.78 is 13.9. The molecule has 0 atom stereocenters. The molecule has 2 heterocycles. The average molecular weight is 392 g/mol. The molecule has 3 aromatic rings. The fourth-order valence-electron chi connectivity index (χ4n) is 2.43. The van der Waals surface area contributed by atoms with Gasteiger partial charge in [0.25, 0.3) is 0 Å². The Bertz CT molecular complexity index is 987. The molecule has 6 nitrogen and oxygen atoms in total. The van der Waals surface area contributed by atoms with Crippen molar-refractivity contribution in [3.05, 3.63) is 58.3 Å². The Kier molecular flexibility index (Phi) is 4.09. The van der Waals surface area contributed by atoms with Crippen molar-refractivity contribution in [3.63, 3.8) is 0 Å². The number of nitrogens with zero attached hydrogens (tertiary/aromatic N) is 3. The molecule has 2 N–H and O–H groups in total. The summed E-state index contributed by atoms with van der Waals surface area (Å²) in [7, 11) is -4.20. The number of nitriles is 1. The van der Waals surface area contributed by atoms with Crippen LogP contribution in [0.3, 0.4) is 0 Å². The van der Waals surface area contributed by atoms with Gasteiger partial charge in [-0.25, -0.2) is 4.98 Å². The van der Waals surface area contributed by atoms with E-state index in [-0.39, 0.29) is 6.16 Å². The minimum atomic E-state index is -4.20. The minimum absolute atomic E-state index is 0.356. The van der Waals surface area contributed by atoms with Crippen molar-refractivity contribution in [2.75, 3.05) is 0 Å². The first-order chi connectivity index (χ1) is 10.9. The molecule has 1 aromatic carbocycles. The van der Waals surface area contributed by atoms with Gasteiger partial charge in [-0.05, 0) is 35.9 Å². The van der Waals surface area contributed by atoms with E-state index in [0.717, 1.165) is 15.4 Å². The Morgan fingerprint density at radius 3 is 2.78 bits per heavy atom. The summed E-state index contributed by atoms with van der Waals surface area (Å²) in [6.45, 7) is 0. The van der Waals surface area contributed by atoms with Gasteiger partial charge in [0.1, 0.15) is 5.82 Å². The zero-order valence-electron chi connectivity index (χ0n) is 11.7. The molecule has 0 amide bonds. The van der Waals surface area contributed by atoms with Gasteiger partial charge in [-0.3, -0.25) is 4.57 Å². The molecule has 0 unspecified atom stereocenters. The highest BCUT2D eigenvalue weighted by Crippen LogP contribution is 2.42. The minimum Gasteiger partial charge on any atom is -0.324 e. The quantitative estimate of drug-likeness (QED) is 0.667. The van der Waals surface area contributed by atoms with E-state index in [4.69, 9.17) is 5.26 Å². The zero-order chi connectivity index (χ0) is 16.6. The van der Waals surface area contributed by atoms with Crippen LogP contribution in [-0.2, 0) is 10.7 Å². The first kappa shape index (κ1) is 15.9. The van der Waals surface area contributed by atoms with Crippen molar-refractivity contribution in [2.45, 2.75) is 6.16 Å². The highest BCUT2D eigenvalue weighted by atomic mass is 79.9. The monoisotopic (exact) mass is 391 g/mol. The molecular formula is C15H11BrN3O3P. The van der Waals surface area contributed by atoms with Crippen molar-refractivity contribution in [1.82, 2.24) is 9.55 Å². The summed E-state index contributed by atoms with van der Waals surface area (Å²) >= 11 is 3.37. The topological polar surface area (TPSA) is 99.1 Å². The molecule has 0 saturated carbocycles. The Balaban J connectivity index is 2.25. The summed E-state index contributed by atoms with van der Waals surface area (Å²) in [6.07, 6.45) is 2.83. The van der Waals surface area contributed by atoms with E-state index in [9.17, 15) is 14.4 Å². The van der Waals surface area contributed by atoms with Gasteiger partial charge in [0.05, 0.1) is 23.3 Å². The molecule has 0 aliphatic heterocycles. The summed E-state index contributed by atoms with van der Waals surface area (Å²) in [6, 6.07) is 10.8. The van der Waals surface area contributed by atoms with Crippen molar-refractivity contribution in [1.29, 1.82) is 5.26 Å². The van der Waals surface area contributed by atoms with E-state index in [1.165, 1.54) is 6.20 Å². The second kappa shape index (κ2) is 5.91. The average Bonchev–Trinajstić information content (AvgIpc) is 2.83. The van der Waals surface area contributed by atoms with Crippen LogP contribution >= 0.6 is 23.5 Å². The largest absolute Gasteiger partial charge is 0.329 e. The number of hydrogen-bond acceptors (Lipinski definition) is 3. The van der Waals surface area contributed by atoms with Crippen LogP contribution in [0.2, 0.25) is 0 Å². The molecule has 8 heteroatoms. The number of aromatic nitrogens is 2. The predicted molar refractivity (Wildman–Crippen MR) is 89.2 cm³/mol. The summed E-state index contributed by atoms with van der Waals surface area (Å²) in [5, 5.41) is 9.75. The van der Waals surface area contributed by atoms with Crippen molar-refractivity contribution in [3.8, 4) is 11.9 Å². The van der Waals surface area contributed by atoms with Crippen molar-refractivity contribution in [2.24, 2.45) is 0 Å². The lowest BCUT2D eigenvalue weighted by Gasteiger charge is -2.04. The van der Waals surface area contributed by atoms with Crippen LogP contribution in [0, 0.1) is 11.3 Å². The Hall–Kier alpha value is -1.97. The third-order valence-electron chi connectivity index (χ3n) is 3.35. The number of fused-ring (bicyclic) bond motifs is 1. The first-order valence-corrected chi connectivity index (χ1v) is 9.17. The maximum Gasteiger partial charge on any atom is 0.329 e. The number of rotatable bonds is 3. The van der Waals surface area contributed by atoms with Crippen molar-refractivity contribution < 1.29 is 14.4 Å². The molecule has 116 valence electrons. The number of halogens is 1. The zero-order valence-corrected chi connectivity index (χ0v) is 14.2. The van der Waals surface area contributed by atoms with E-state index in [1.807, 2.05) is 18.2 Å². The lowest BCUT2D eigenvalue weighted by atomic mass is 10.2. The van der Waals surface area contributed by atoms with Crippen LogP contribution in [0.1, 0.15) is 11.1 Å². The molecule has 0 spiro atoms. The lowest BCUT2D eigenvalue weighted by molar-refractivity contribution is 0.372. The van der Waals surface area contributed by atoms with Crippen LogP contribution in [-0.4, -0.2) is 19.3 Å². The lowest BCUT2D eigenvalue weighted by Crippen LogP contribution is -1.96. The van der Waals surface area contributed by atoms with Gasteiger partial charge in [0.2, 0.25) is 0 Å². The number of pyridine rings is 1. The predicted octanol–water partition coefficient (Wildman–Crippen LogP) is 3.34. The van der Waals surface area contributed by atoms with E-state index < -0.39 is 7.60 Å². The van der Waals surface area contributed by atoms with Crippen LogP contribution in [0.5, 0.6) is 0 Å². The summed E-state index contributed by atoms with van der Waals surface area (Å²) in [4.78, 5) is 22.8. The van der Waals surface area contributed by atoms with Gasteiger partial charge in [0, 0.05) is 22.3 Å². The van der Waals surface area contributed by atoms with Gasteiger partial charge < -0.3 is 14.4 Å². The molecule has 2 aromatic heterocycles. The highest BCUT2D eigenvalue weighted by Gasteiger charge is 2.19. The summed E-state index contributed by atoms with van der Waals surface area (Å²) in [5.41, 5.74) is 1.75. The molecular weight excluding hydrogens is 381 g/mol. The van der Waals surface area contributed by atoms with Crippen LogP contribution < -0.4 is 0 Å². The molecule has 3 rings (SSSR count). The fraction of sp³-hybridized carbons (Fsp3) is 0.0667. The van der Waals surface area contributed by atoms with E-state index in [1.54, 1.807) is 22.9 Å². The van der Waals surface area contributed by atoms with Crippen LogP contribution in [0.15, 0.2) is 47.2 Å². The Morgan fingerprint density at radius 1 is 1.30 bits per heavy atom. The van der Waals surface area contributed by atoms with E-state index in [0.29, 0.717) is 16.9 Å². The second-order valence-electron chi connectivity index (χ2n) is 5.02. The second-order valence-corrected chi connectivity index (χ2v) is 7.58. The smallest absolute Gasteiger partial charge is 0.324 e. The van der Waals surface area contributed by atoms with Gasteiger partial charge in [-0.1, -0.05) is 15.9 Å². The van der Waals surface area contributed by atoms with Gasteiger partial charge in [0.15, 0.2) is 0 Å². The standard InChI is InChI=1S/C15H11BrN3O3P/c16-12-1-2-14-13(6-12)11(9-23(20,21)22)8-19(14)15-5-10(7-17)3-4-18-15/h1-6,8H,9H2,(H2,20,21,22). The maximum absolute atomic E-state index is 11.4. The van der Waals surface area contributed by atoms with Crippen LogP contribution in [0.4, 0.5) is 0 Å². The SMILES string of the molecule is N#Cc1ccnc(-n2cc(CP(=O)(O)O)c3cc(Br)ccc32)c1. The van der Waals surface area contributed by atoms with Gasteiger partial charge >= 0.3 is 7.60 Å². The molecule has 23 heavy (non-hydrogen) atoms. The van der Waals surface area contributed by atoms with E-state index in [2.05, 4.69) is 27.0 Å². The fourth-order valence-corrected chi connectivity index (χ4v) is 3.48. The first-order valence-electron chi connectivity index (χ1n) is 6.58. The molecule has 0 saturated heterocycles. The summed E-state index contributed by atoms with van der Waals surface area (Å²) in [5.74, 6) is 0.522. The number of hydrogen-bond donors (Lipinski definition) is 2. The molecule has 0 radical (unpaired) electrons. The molecule has 0 bridgehead atoms. The molecule has 0 fully saturated rings. The van der Waals surface area contributed by atoms with Crippen molar-refractivity contribution >= 4 is 34.4 Å². The number of benzene rings is 1. The van der Waals surface area contributed by atoms with Crippen LogP contribution in [0.25, 0.3) is 16.7 Å². The molecule has 0 aliphatic rings. The highest BCUT2D eigenvalue weighted by molar-refractivity contribution is 9.10.